The smallest absolute Gasteiger partial charge is 0.0955 e. The number of hydrogen-bond acceptors (Lipinski definition) is 3. The van der Waals surface area contributed by atoms with Gasteiger partial charge < -0.3 is 10.2 Å². The molecule has 25 heavy (non-hydrogen) atoms. The molecular weight excluding hydrogens is 355 g/mol. The van der Waals surface area contributed by atoms with E-state index in [1.54, 1.807) is 0 Å². The Labute approximate surface area is 162 Å². The predicted octanol–water partition coefficient (Wildman–Crippen LogP) is 3.32. The molecule has 2 aromatic rings. The van der Waals surface area contributed by atoms with Crippen molar-refractivity contribution in [2.75, 3.05) is 32.7 Å². The van der Waals surface area contributed by atoms with Gasteiger partial charge in [0.25, 0.3) is 0 Å². The van der Waals surface area contributed by atoms with E-state index in [2.05, 4.69) is 50.7 Å². The maximum Gasteiger partial charge on any atom is 0.0955 e. The second kappa shape index (κ2) is 9.58. The van der Waals surface area contributed by atoms with Crippen LogP contribution in [0.15, 0.2) is 30.3 Å². The number of halogens is 2. The van der Waals surface area contributed by atoms with Crippen molar-refractivity contribution in [3.05, 3.63) is 41.6 Å². The lowest BCUT2D eigenvalue weighted by Crippen LogP contribution is -2.39. The van der Waals surface area contributed by atoms with E-state index in [1.807, 2.05) is 0 Å². The van der Waals surface area contributed by atoms with Gasteiger partial charge in [0.1, 0.15) is 0 Å². The molecule has 0 radical (unpaired) electrons. The van der Waals surface area contributed by atoms with E-state index in [1.165, 1.54) is 49.3 Å². The van der Waals surface area contributed by atoms with Crippen LogP contribution in [0.2, 0.25) is 0 Å². The number of nitrogens with zero attached hydrogens (tertiary/aromatic N) is 2. The topological polar surface area (TPSA) is 44.0 Å². The summed E-state index contributed by atoms with van der Waals surface area (Å²) in [5, 5.41) is 11.4. The molecule has 1 saturated heterocycles. The summed E-state index contributed by atoms with van der Waals surface area (Å²) in [6.07, 6.45) is 4.91. The first kappa shape index (κ1) is 20.2. The predicted molar refractivity (Wildman–Crippen MR) is 108 cm³/mol. The van der Waals surface area contributed by atoms with Crippen molar-refractivity contribution >= 4 is 24.8 Å². The highest BCUT2D eigenvalue weighted by molar-refractivity contribution is 5.85. The molecule has 2 aliphatic rings. The summed E-state index contributed by atoms with van der Waals surface area (Å²) in [4.78, 5) is 2.65. The van der Waals surface area contributed by atoms with Gasteiger partial charge in [0, 0.05) is 42.9 Å². The summed E-state index contributed by atoms with van der Waals surface area (Å²) in [6.45, 7) is 5.94. The highest BCUT2D eigenvalue weighted by Crippen LogP contribution is 2.26. The van der Waals surface area contributed by atoms with Crippen LogP contribution in [-0.2, 0) is 12.8 Å². The summed E-state index contributed by atoms with van der Waals surface area (Å²) < 4.78 is 0. The molecule has 1 atom stereocenters. The van der Waals surface area contributed by atoms with E-state index >= 15 is 0 Å². The molecule has 138 valence electrons. The fourth-order valence-corrected chi connectivity index (χ4v) is 3.99. The number of H-pyrrole nitrogens is 1. The number of piperidine rings is 1. The minimum Gasteiger partial charge on any atom is -0.316 e. The maximum atomic E-state index is 4.60. The van der Waals surface area contributed by atoms with E-state index in [-0.39, 0.29) is 24.8 Å². The minimum atomic E-state index is 0. The molecule has 2 N–H and O–H groups in total. The van der Waals surface area contributed by atoms with Crippen LogP contribution in [-0.4, -0.2) is 47.8 Å². The number of aromatic amines is 1. The number of aromatic nitrogens is 2. The van der Waals surface area contributed by atoms with Crippen LogP contribution in [0.25, 0.3) is 11.3 Å². The molecule has 0 aliphatic carbocycles. The van der Waals surface area contributed by atoms with Crippen molar-refractivity contribution < 1.29 is 0 Å². The zero-order valence-corrected chi connectivity index (χ0v) is 16.2. The van der Waals surface area contributed by atoms with Gasteiger partial charge in [-0.25, -0.2) is 0 Å². The third kappa shape index (κ3) is 4.76. The second-order valence-electron chi connectivity index (χ2n) is 6.91. The molecule has 0 spiro atoms. The first-order valence-corrected chi connectivity index (χ1v) is 8.95. The Morgan fingerprint density at radius 3 is 2.64 bits per heavy atom. The van der Waals surface area contributed by atoms with E-state index in [9.17, 15) is 0 Å². The molecule has 3 heterocycles. The van der Waals surface area contributed by atoms with Crippen LogP contribution >= 0.6 is 24.8 Å². The number of benzene rings is 1. The summed E-state index contributed by atoms with van der Waals surface area (Å²) in [6, 6.07) is 10.6. The zero-order valence-electron chi connectivity index (χ0n) is 14.5. The molecule has 2 aliphatic heterocycles. The molecule has 0 amide bonds. The Hall–Kier alpha value is -1.07. The Morgan fingerprint density at radius 2 is 1.88 bits per heavy atom. The number of hydrogen-bond donors (Lipinski definition) is 2. The highest BCUT2D eigenvalue weighted by Gasteiger charge is 2.22. The van der Waals surface area contributed by atoms with Gasteiger partial charge in [0.2, 0.25) is 0 Å². The second-order valence-corrected chi connectivity index (χ2v) is 6.91. The summed E-state index contributed by atoms with van der Waals surface area (Å²) in [5.41, 5.74) is 5.16. The standard InChI is InChI=1S/C19H26N4.2ClH/c1-2-6-16(7-3-1)19-17-8-11-23(12-9-18(17)21-22-19)14-15-5-4-10-20-13-15;;/h1-3,6-7,15,20H,4-5,8-14H2,(H,21,22);2*1H. The van der Waals surface area contributed by atoms with Crippen LogP contribution in [0.5, 0.6) is 0 Å². The Morgan fingerprint density at radius 1 is 1.08 bits per heavy atom. The lowest BCUT2D eigenvalue weighted by molar-refractivity contribution is 0.215. The van der Waals surface area contributed by atoms with E-state index in [0.29, 0.717) is 0 Å². The van der Waals surface area contributed by atoms with Crippen molar-refractivity contribution in [1.82, 2.24) is 20.4 Å². The molecule has 0 saturated carbocycles. The van der Waals surface area contributed by atoms with Gasteiger partial charge in [-0.1, -0.05) is 30.3 Å². The third-order valence-electron chi connectivity index (χ3n) is 5.27. The number of fused-ring (bicyclic) bond motifs is 1. The molecular formula is C19H28Cl2N4. The van der Waals surface area contributed by atoms with Crippen LogP contribution in [0.4, 0.5) is 0 Å². The maximum absolute atomic E-state index is 4.60. The zero-order chi connectivity index (χ0) is 15.5. The molecule has 6 heteroatoms. The third-order valence-corrected chi connectivity index (χ3v) is 5.27. The monoisotopic (exact) mass is 382 g/mol. The molecule has 0 bridgehead atoms. The van der Waals surface area contributed by atoms with Gasteiger partial charge >= 0.3 is 0 Å². The first-order valence-electron chi connectivity index (χ1n) is 8.95. The van der Waals surface area contributed by atoms with Gasteiger partial charge in [-0.2, -0.15) is 5.10 Å². The fourth-order valence-electron chi connectivity index (χ4n) is 3.99. The molecule has 1 fully saturated rings. The first-order chi connectivity index (χ1) is 11.4. The van der Waals surface area contributed by atoms with Crippen LogP contribution in [0.3, 0.4) is 0 Å². The van der Waals surface area contributed by atoms with Gasteiger partial charge in [0.15, 0.2) is 0 Å². The summed E-state index contributed by atoms with van der Waals surface area (Å²) >= 11 is 0. The van der Waals surface area contributed by atoms with E-state index < -0.39 is 0 Å². The van der Waals surface area contributed by atoms with Crippen LogP contribution in [0, 0.1) is 5.92 Å². The molecule has 1 unspecified atom stereocenters. The average Bonchev–Trinajstić information content (AvgIpc) is 2.92. The molecule has 4 rings (SSSR count). The largest absolute Gasteiger partial charge is 0.316 e. The van der Waals surface area contributed by atoms with Gasteiger partial charge in [-0.05, 0) is 38.3 Å². The van der Waals surface area contributed by atoms with Gasteiger partial charge in [-0.15, -0.1) is 24.8 Å². The van der Waals surface area contributed by atoms with Crippen LogP contribution < -0.4 is 5.32 Å². The number of nitrogens with one attached hydrogen (secondary N) is 2. The van der Waals surface area contributed by atoms with Crippen molar-refractivity contribution in [3.63, 3.8) is 0 Å². The van der Waals surface area contributed by atoms with Crippen molar-refractivity contribution in [2.24, 2.45) is 5.92 Å². The van der Waals surface area contributed by atoms with E-state index in [4.69, 9.17) is 0 Å². The lowest BCUT2D eigenvalue weighted by atomic mass is 9.99. The quantitative estimate of drug-likeness (QED) is 0.855. The average molecular weight is 383 g/mol. The summed E-state index contributed by atoms with van der Waals surface area (Å²) in [5.74, 6) is 0.826. The Bertz CT molecular complexity index is 638. The Kier molecular flexibility index (Phi) is 7.76. The fraction of sp³-hybridized carbons (Fsp3) is 0.526. The normalized spacial score (nSPS) is 20.7. The van der Waals surface area contributed by atoms with Crippen molar-refractivity contribution in [1.29, 1.82) is 0 Å². The summed E-state index contributed by atoms with van der Waals surface area (Å²) in [7, 11) is 0. The van der Waals surface area contributed by atoms with Gasteiger partial charge in [0.05, 0.1) is 5.69 Å². The number of rotatable bonds is 3. The van der Waals surface area contributed by atoms with Crippen molar-refractivity contribution in [2.45, 2.75) is 25.7 Å². The highest BCUT2D eigenvalue weighted by atomic mass is 35.5. The molecule has 4 nitrogen and oxygen atoms in total. The minimum absolute atomic E-state index is 0. The van der Waals surface area contributed by atoms with Gasteiger partial charge in [-0.3, -0.25) is 5.10 Å². The molecule has 1 aromatic carbocycles. The SMILES string of the molecule is Cl.Cl.c1ccc(-c2n[nH]c3c2CCN(CC2CCCNC2)CC3)cc1. The Balaban J connectivity index is 0.00000113. The van der Waals surface area contributed by atoms with Crippen molar-refractivity contribution in [3.8, 4) is 11.3 Å². The molecule has 1 aromatic heterocycles. The van der Waals surface area contributed by atoms with Crippen LogP contribution in [0.1, 0.15) is 24.1 Å². The van der Waals surface area contributed by atoms with E-state index in [0.717, 1.165) is 37.5 Å². The lowest BCUT2D eigenvalue weighted by Gasteiger charge is -2.29.